The van der Waals surface area contributed by atoms with Crippen molar-refractivity contribution >= 4 is 143 Å². The Morgan fingerprint density at radius 1 is 0.212 bits per heavy atom. The van der Waals surface area contributed by atoms with Gasteiger partial charge in [0, 0.05) is 88.9 Å². The number of hydrogen-bond donors (Lipinski definition) is 0. The lowest BCUT2D eigenvalue weighted by Gasteiger charge is -2.47. The molecule has 0 N–H and O–H groups in total. The van der Waals surface area contributed by atoms with Gasteiger partial charge >= 0.3 is 0 Å². The van der Waals surface area contributed by atoms with Crippen molar-refractivity contribution in [2.75, 3.05) is 24.5 Å². The fourth-order valence-electron chi connectivity index (χ4n) is 16.9. The van der Waals surface area contributed by atoms with Gasteiger partial charge in [-0.05, 0) is 153 Å². The van der Waals surface area contributed by atoms with E-state index in [2.05, 4.69) is 419 Å². The highest BCUT2D eigenvalue weighted by Gasteiger charge is 2.49. The van der Waals surface area contributed by atoms with Gasteiger partial charge in [0.2, 0.25) is 6.71 Å². The van der Waals surface area contributed by atoms with Gasteiger partial charge in [0.25, 0.3) is 6.71 Å². The van der Waals surface area contributed by atoms with Crippen LogP contribution in [0.2, 0.25) is 0 Å². The predicted molar refractivity (Wildman–Crippen MR) is 441 cm³/mol. The summed E-state index contributed by atoms with van der Waals surface area (Å²) in [5, 5.41) is 0. The first-order valence-electron chi connectivity index (χ1n) is 35.8. The first-order valence-corrected chi connectivity index (χ1v) is 36.6. The molecule has 16 aromatic rings. The van der Waals surface area contributed by atoms with Crippen LogP contribution in [0.25, 0.3) is 44.5 Å². The quantitative estimate of drug-likeness (QED) is 0.106. The van der Waals surface area contributed by atoms with Gasteiger partial charge in [-0.3, -0.25) is 0 Å². The summed E-state index contributed by atoms with van der Waals surface area (Å²) in [7, 11) is 0. The molecule has 0 fully saturated rings. The largest absolute Gasteiger partial charge is 0.311 e. The molecule has 4 aliphatic rings. The Kier molecular flexibility index (Phi) is 15.0. The number of para-hydroxylation sites is 8. The van der Waals surface area contributed by atoms with E-state index < -0.39 is 0 Å². The Labute approximate surface area is 612 Å². The highest BCUT2D eigenvalue weighted by Crippen LogP contribution is 2.54. The molecule has 104 heavy (non-hydrogen) atoms. The highest BCUT2D eigenvalue weighted by atomic mass is 32.2. The maximum Gasteiger partial charge on any atom is 0.252 e. The van der Waals surface area contributed by atoms with Crippen molar-refractivity contribution in [1.29, 1.82) is 0 Å². The van der Waals surface area contributed by atoms with Crippen molar-refractivity contribution in [3.05, 3.63) is 394 Å². The maximum atomic E-state index is 2.66. The molecule has 0 spiro atoms. The first-order chi connectivity index (χ1) is 51.7. The lowest BCUT2D eigenvalue weighted by atomic mass is 9.30. The molecule has 16 aromatic carbocycles. The first kappa shape index (κ1) is 60.9. The molecule has 4 aliphatic heterocycles. The Hall–Kier alpha value is -13.0. The third kappa shape index (κ3) is 10.1. The molecule has 0 amide bonds. The minimum atomic E-state index is -0.238. The van der Waals surface area contributed by atoms with Crippen molar-refractivity contribution in [1.82, 2.24) is 0 Å². The third-order valence-corrected chi connectivity index (χ3v) is 22.4. The van der Waals surface area contributed by atoms with E-state index in [4.69, 9.17) is 0 Å². The van der Waals surface area contributed by atoms with Gasteiger partial charge in [-0.25, -0.2) is 0 Å². The third-order valence-electron chi connectivity index (χ3n) is 21.2. The van der Waals surface area contributed by atoms with Crippen LogP contribution in [-0.4, -0.2) is 13.4 Å². The molecule has 0 atom stereocenters. The summed E-state index contributed by atoms with van der Waals surface area (Å²) >= 11 is 1.89. The lowest BCUT2D eigenvalue weighted by Crippen LogP contribution is -2.64. The Morgan fingerprint density at radius 2 is 0.567 bits per heavy atom. The average Bonchev–Trinajstić information content (AvgIpc) is 0.683. The van der Waals surface area contributed by atoms with Gasteiger partial charge < -0.3 is 24.5 Å². The van der Waals surface area contributed by atoms with E-state index in [0.29, 0.717) is 0 Å². The van der Waals surface area contributed by atoms with Crippen LogP contribution >= 0.6 is 11.8 Å². The monoisotopic (exact) mass is 1340 g/mol. The number of hydrogen-bond acceptors (Lipinski definition) is 6. The molecule has 0 bridgehead atoms. The van der Waals surface area contributed by atoms with Crippen LogP contribution in [0.5, 0.6) is 0 Å². The molecular weight excluding hydrogens is 1280 g/mol. The Bertz CT molecular complexity index is 5950. The van der Waals surface area contributed by atoms with E-state index in [0.717, 1.165) is 130 Å². The van der Waals surface area contributed by atoms with Crippen LogP contribution in [0, 0.1) is 0 Å². The fraction of sp³-hybridized carbons (Fsp3) is 0. The van der Waals surface area contributed by atoms with Crippen LogP contribution in [-0.2, 0) is 0 Å². The van der Waals surface area contributed by atoms with E-state index >= 15 is 0 Å². The number of benzene rings is 16. The van der Waals surface area contributed by atoms with Crippen LogP contribution in [0.3, 0.4) is 0 Å². The molecule has 5 nitrogen and oxygen atoms in total. The molecule has 20 rings (SSSR count). The molecule has 0 radical (unpaired) electrons. The van der Waals surface area contributed by atoms with Crippen molar-refractivity contribution in [2.24, 2.45) is 0 Å². The van der Waals surface area contributed by atoms with Crippen LogP contribution in [0.15, 0.2) is 404 Å². The summed E-state index contributed by atoms with van der Waals surface area (Å²) in [5.41, 5.74) is 33.0. The van der Waals surface area contributed by atoms with E-state index in [9.17, 15) is 0 Å². The molecule has 0 saturated carbocycles. The zero-order valence-electron chi connectivity index (χ0n) is 56.8. The summed E-state index contributed by atoms with van der Waals surface area (Å²) in [6, 6.07) is 146. The van der Waals surface area contributed by atoms with Crippen LogP contribution in [0.1, 0.15) is 0 Å². The van der Waals surface area contributed by atoms with Gasteiger partial charge in [-0.1, -0.05) is 308 Å². The fourth-order valence-corrected chi connectivity index (χ4v) is 18.1. The normalized spacial score (nSPS) is 12.7. The number of fused-ring (bicyclic) bond motifs is 8. The second kappa shape index (κ2) is 25.6. The molecular formula is C96H65B2N5S. The van der Waals surface area contributed by atoms with Gasteiger partial charge in [0.15, 0.2) is 0 Å². The van der Waals surface area contributed by atoms with E-state index in [1.807, 2.05) is 11.8 Å². The van der Waals surface area contributed by atoms with Gasteiger partial charge in [0.1, 0.15) is 0 Å². The molecule has 0 unspecified atom stereocenters. The average molecular weight is 1340 g/mol. The summed E-state index contributed by atoms with van der Waals surface area (Å²) in [6.45, 7) is -0.377. The summed E-state index contributed by atoms with van der Waals surface area (Å²) in [6.07, 6.45) is 0. The molecule has 0 saturated heterocycles. The van der Waals surface area contributed by atoms with Gasteiger partial charge in [0.05, 0.1) is 28.4 Å². The van der Waals surface area contributed by atoms with Crippen molar-refractivity contribution in [2.45, 2.75) is 9.79 Å². The Balaban J connectivity index is 0.912. The zero-order valence-corrected chi connectivity index (χ0v) is 57.6. The minimum absolute atomic E-state index is 0.140. The van der Waals surface area contributed by atoms with Crippen molar-refractivity contribution < 1.29 is 0 Å². The lowest BCUT2D eigenvalue weighted by molar-refractivity contribution is 1.21. The summed E-state index contributed by atoms with van der Waals surface area (Å²) in [5.74, 6) is 0. The van der Waals surface area contributed by atoms with E-state index in [1.54, 1.807) is 0 Å². The predicted octanol–water partition coefficient (Wildman–Crippen LogP) is 22.1. The van der Waals surface area contributed by atoms with Crippen LogP contribution < -0.4 is 57.3 Å². The van der Waals surface area contributed by atoms with Crippen molar-refractivity contribution in [3.8, 4) is 44.5 Å². The zero-order chi connectivity index (χ0) is 68.6. The van der Waals surface area contributed by atoms with E-state index in [1.165, 1.54) is 42.6 Å². The van der Waals surface area contributed by atoms with Gasteiger partial charge in [-0.15, -0.1) is 0 Å². The molecule has 4 heterocycles. The minimum Gasteiger partial charge on any atom is -0.311 e. The smallest absolute Gasteiger partial charge is 0.252 e. The maximum absolute atomic E-state index is 2.66. The molecule has 0 aromatic heterocycles. The standard InChI is InChI=1S/C96H65B2N5S/c1-8-34-66(35-9-1)75-48-22-28-54-83(75)99(70-42-16-5-17-43-70)73-60-90-95-91(61-73)103(86-57-31-25-51-78(86)69-40-14-4-15-41-69)89-65-88-81(64-82(89)97(95)79-52-26-32-58-87(79)102(90)85-56-30-24-50-77(85)68-38-12-3-13-39-68)98-80-53-27-33-59-93(80)104-94-63-74(62-92(96(94)98)101(88)72-46-20-7-21-47-72)100(71-44-18-6-19-45-71)84-55-29-23-49-76(84)67-36-10-2-11-37-67/h1-65H. The molecule has 8 heteroatoms. The highest BCUT2D eigenvalue weighted by molar-refractivity contribution is 8.00. The molecule has 486 valence electrons. The summed E-state index contributed by atoms with van der Waals surface area (Å²) < 4.78 is 0. The number of rotatable bonds is 13. The number of anilines is 15. The van der Waals surface area contributed by atoms with Crippen LogP contribution in [0.4, 0.5) is 85.3 Å². The van der Waals surface area contributed by atoms with Crippen molar-refractivity contribution in [3.63, 3.8) is 0 Å². The summed E-state index contributed by atoms with van der Waals surface area (Å²) in [4.78, 5) is 15.3. The number of nitrogens with zero attached hydrogens (tertiary/aromatic N) is 5. The van der Waals surface area contributed by atoms with Gasteiger partial charge in [-0.2, -0.15) is 0 Å². The Morgan fingerprint density at radius 3 is 1.08 bits per heavy atom. The second-order valence-corrected chi connectivity index (χ2v) is 28.1. The SMILES string of the molecule is c1ccc(-c2ccccc2N(c2ccccc2)c2cc3c4c(c2)N(c2ccccc2)c2cc5c(cc2B4c2ccccc2S3)B2c3ccccc3N(c3ccccc3-c3ccccc3)c3cc(N(c4ccccc4)c4ccccc4-c4ccccc4)cc(c32)N5c2ccccc2-c2ccccc2)cc1. The second-order valence-electron chi connectivity index (χ2n) is 27.0. The van der Waals surface area contributed by atoms with E-state index in [-0.39, 0.29) is 13.4 Å². The molecule has 0 aliphatic carbocycles. The topological polar surface area (TPSA) is 16.2 Å².